The molecule has 0 unspecified atom stereocenters. The van der Waals surface area contributed by atoms with Gasteiger partial charge in [-0.3, -0.25) is 4.79 Å². The third-order valence-electron chi connectivity index (χ3n) is 4.28. The lowest BCUT2D eigenvalue weighted by molar-refractivity contribution is 0.0950. The molecule has 0 saturated carbocycles. The van der Waals surface area contributed by atoms with Crippen LogP contribution in [-0.4, -0.2) is 48.0 Å². The predicted octanol–water partition coefficient (Wildman–Crippen LogP) is 1.91. The highest BCUT2D eigenvalue weighted by molar-refractivity contribution is 5.94. The minimum Gasteiger partial charge on any atom is -0.494 e. The van der Waals surface area contributed by atoms with Gasteiger partial charge in [-0.15, -0.1) is 0 Å². The largest absolute Gasteiger partial charge is 0.494 e. The molecule has 128 valence electrons. The number of carbonyl (C=O) groups is 1. The third kappa shape index (κ3) is 3.56. The summed E-state index contributed by atoms with van der Waals surface area (Å²) >= 11 is 0. The number of imidazole rings is 1. The summed E-state index contributed by atoms with van der Waals surface area (Å²) in [6.07, 6.45) is 2.82. The number of likely N-dealkylation sites (N-methyl/N-ethyl adjacent to an activating group) is 1. The lowest BCUT2D eigenvalue weighted by atomic mass is 10.1. The van der Waals surface area contributed by atoms with Gasteiger partial charge in [-0.05, 0) is 38.2 Å². The number of benzene rings is 1. The number of carbonyl (C=O) groups excluding carboxylic acids is 1. The maximum atomic E-state index is 13.7. The maximum Gasteiger partial charge on any atom is 0.251 e. The highest BCUT2D eigenvalue weighted by Crippen LogP contribution is 2.23. The molecule has 2 heterocycles. The van der Waals surface area contributed by atoms with Gasteiger partial charge in [0.05, 0.1) is 25.5 Å². The molecule has 0 bridgehead atoms. The van der Waals surface area contributed by atoms with Crippen LogP contribution in [0, 0.1) is 5.82 Å². The molecule has 6 nitrogen and oxygen atoms in total. The van der Waals surface area contributed by atoms with Gasteiger partial charge in [0, 0.05) is 18.0 Å². The highest BCUT2D eigenvalue weighted by Gasteiger charge is 2.23. The van der Waals surface area contributed by atoms with E-state index in [2.05, 4.69) is 27.2 Å². The van der Waals surface area contributed by atoms with E-state index in [0.717, 1.165) is 31.0 Å². The second kappa shape index (κ2) is 7.00. The minimum atomic E-state index is -0.556. The van der Waals surface area contributed by atoms with Crippen LogP contribution in [-0.2, 0) is 6.54 Å². The zero-order valence-electron chi connectivity index (χ0n) is 13.8. The van der Waals surface area contributed by atoms with Crippen LogP contribution in [0.5, 0.6) is 5.75 Å². The molecule has 0 aliphatic carbocycles. The Hall–Kier alpha value is -2.41. The summed E-state index contributed by atoms with van der Waals surface area (Å²) in [4.78, 5) is 22.1. The Labute approximate surface area is 140 Å². The van der Waals surface area contributed by atoms with E-state index in [4.69, 9.17) is 4.74 Å². The fourth-order valence-corrected chi connectivity index (χ4v) is 2.92. The first kappa shape index (κ1) is 16.4. The number of nitrogens with zero attached hydrogens (tertiary/aromatic N) is 2. The maximum absolute atomic E-state index is 13.7. The summed E-state index contributed by atoms with van der Waals surface area (Å²) in [7, 11) is 3.48. The molecule has 1 aromatic carbocycles. The molecule has 0 spiro atoms. The molecule has 24 heavy (non-hydrogen) atoms. The second-order valence-corrected chi connectivity index (χ2v) is 6.07. The number of halogens is 1. The molecular weight excluding hydrogens is 311 g/mol. The Balaban J connectivity index is 1.58. The van der Waals surface area contributed by atoms with Crippen molar-refractivity contribution in [2.45, 2.75) is 18.9 Å². The first-order valence-electron chi connectivity index (χ1n) is 7.91. The van der Waals surface area contributed by atoms with Crippen molar-refractivity contribution in [3.63, 3.8) is 0 Å². The third-order valence-corrected chi connectivity index (χ3v) is 4.28. The highest BCUT2D eigenvalue weighted by atomic mass is 19.1. The van der Waals surface area contributed by atoms with E-state index >= 15 is 0 Å². The Morgan fingerprint density at radius 1 is 1.54 bits per heavy atom. The summed E-state index contributed by atoms with van der Waals surface area (Å²) < 4.78 is 18.5. The Morgan fingerprint density at radius 2 is 2.38 bits per heavy atom. The van der Waals surface area contributed by atoms with Crippen LogP contribution in [0.1, 0.15) is 34.2 Å². The van der Waals surface area contributed by atoms with E-state index in [1.165, 1.54) is 25.3 Å². The number of aromatic amines is 1. The fourth-order valence-electron chi connectivity index (χ4n) is 2.92. The van der Waals surface area contributed by atoms with Gasteiger partial charge >= 0.3 is 0 Å². The summed E-state index contributed by atoms with van der Waals surface area (Å²) in [5, 5.41) is 2.76. The van der Waals surface area contributed by atoms with Gasteiger partial charge in [0.1, 0.15) is 5.82 Å². The number of H-pyrrole nitrogens is 1. The topological polar surface area (TPSA) is 70.2 Å². The lowest BCUT2D eigenvalue weighted by Crippen LogP contribution is -2.23. The molecule has 2 N–H and O–H groups in total. The number of likely N-dealkylation sites (tertiary alicyclic amines) is 1. The van der Waals surface area contributed by atoms with Crippen molar-refractivity contribution in [1.29, 1.82) is 0 Å². The normalized spacial score (nSPS) is 17.9. The van der Waals surface area contributed by atoms with Crippen molar-refractivity contribution in [3.8, 4) is 5.75 Å². The van der Waals surface area contributed by atoms with Gasteiger partial charge in [-0.1, -0.05) is 0 Å². The summed E-state index contributed by atoms with van der Waals surface area (Å²) in [5.41, 5.74) is 1.09. The van der Waals surface area contributed by atoms with Gasteiger partial charge in [-0.25, -0.2) is 9.37 Å². The van der Waals surface area contributed by atoms with Crippen LogP contribution in [0.25, 0.3) is 0 Å². The number of nitrogens with one attached hydrogen (secondary N) is 2. The zero-order chi connectivity index (χ0) is 17.1. The number of hydrogen-bond donors (Lipinski definition) is 2. The molecule has 1 fully saturated rings. The SMILES string of the molecule is COc1ccc(C(=O)NCc2cnc([C@H]3CCN(C)C3)[nH]2)cc1F. The minimum absolute atomic E-state index is 0.117. The number of ether oxygens (including phenoxy) is 1. The van der Waals surface area contributed by atoms with E-state index in [1.807, 2.05) is 0 Å². The zero-order valence-corrected chi connectivity index (χ0v) is 13.8. The summed E-state index contributed by atoms with van der Waals surface area (Å²) in [6, 6.07) is 4.14. The number of methoxy groups -OCH3 is 1. The molecule has 7 heteroatoms. The van der Waals surface area contributed by atoms with E-state index in [1.54, 1.807) is 6.20 Å². The Kier molecular flexibility index (Phi) is 4.80. The van der Waals surface area contributed by atoms with E-state index < -0.39 is 5.82 Å². The van der Waals surface area contributed by atoms with E-state index in [-0.39, 0.29) is 17.2 Å². The number of hydrogen-bond acceptors (Lipinski definition) is 4. The molecule has 1 aromatic heterocycles. The summed E-state index contributed by atoms with van der Waals surface area (Å²) in [5.74, 6) is 0.591. The van der Waals surface area contributed by atoms with Gasteiger partial charge in [0.15, 0.2) is 11.6 Å². The van der Waals surface area contributed by atoms with Crippen molar-refractivity contribution in [1.82, 2.24) is 20.2 Å². The van der Waals surface area contributed by atoms with Gasteiger partial charge in [0.25, 0.3) is 5.91 Å². The molecule has 0 radical (unpaired) electrons. The molecule has 1 amide bonds. The molecule has 1 saturated heterocycles. The predicted molar refractivity (Wildman–Crippen MR) is 87.6 cm³/mol. The average molecular weight is 332 g/mol. The average Bonchev–Trinajstić information content (AvgIpc) is 3.21. The molecule has 1 aliphatic heterocycles. The molecular formula is C17H21FN4O2. The van der Waals surface area contributed by atoms with Crippen LogP contribution < -0.4 is 10.1 Å². The number of amides is 1. The standard InChI is InChI=1S/C17H21FN4O2/c1-22-6-5-12(10-22)16-19-8-13(21-16)9-20-17(23)11-3-4-15(24-2)14(18)7-11/h3-4,7-8,12H,5-6,9-10H2,1-2H3,(H,19,21)(H,20,23)/t12-/m0/s1. The van der Waals surface area contributed by atoms with Crippen LogP contribution >= 0.6 is 0 Å². The monoisotopic (exact) mass is 332 g/mol. The second-order valence-electron chi connectivity index (χ2n) is 6.07. The van der Waals surface area contributed by atoms with Gasteiger partial charge in [-0.2, -0.15) is 0 Å². The smallest absolute Gasteiger partial charge is 0.251 e. The molecule has 3 rings (SSSR count). The van der Waals surface area contributed by atoms with E-state index in [0.29, 0.717) is 12.5 Å². The van der Waals surface area contributed by atoms with Crippen molar-refractivity contribution in [2.75, 3.05) is 27.2 Å². The van der Waals surface area contributed by atoms with Crippen molar-refractivity contribution < 1.29 is 13.9 Å². The molecule has 1 aliphatic rings. The van der Waals surface area contributed by atoms with Gasteiger partial charge < -0.3 is 19.9 Å². The van der Waals surface area contributed by atoms with E-state index in [9.17, 15) is 9.18 Å². The van der Waals surface area contributed by atoms with Crippen LogP contribution in [0.3, 0.4) is 0 Å². The van der Waals surface area contributed by atoms with Crippen LogP contribution in [0.2, 0.25) is 0 Å². The molecule has 2 aromatic rings. The first-order chi connectivity index (χ1) is 11.6. The number of rotatable bonds is 5. The van der Waals surface area contributed by atoms with Crippen LogP contribution in [0.15, 0.2) is 24.4 Å². The Morgan fingerprint density at radius 3 is 3.04 bits per heavy atom. The quantitative estimate of drug-likeness (QED) is 0.877. The number of aromatic nitrogens is 2. The molecule has 1 atom stereocenters. The van der Waals surface area contributed by atoms with Crippen LogP contribution in [0.4, 0.5) is 4.39 Å². The van der Waals surface area contributed by atoms with Gasteiger partial charge in [0.2, 0.25) is 0 Å². The summed E-state index contributed by atoms with van der Waals surface area (Å²) in [6.45, 7) is 2.38. The first-order valence-corrected chi connectivity index (χ1v) is 7.91. The van der Waals surface area contributed by atoms with Crippen molar-refractivity contribution in [3.05, 3.63) is 47.3 Å². The van der Waals surface area contributed by atoms with Crippen molar-refractivity contribution in [2.24, 2.45) is 0 Å². The lowest BCUT2D eigenvalue weighted by Gasteiger charge is -2.08. The fraction of sp³-hybridized carbons (Fsp3) is 0.412. The Bertz CT molecular complexity index is 731. The van der Waals surface area contributed by atoms with Crippen molar-refractivity contribution >= 4 is 5.91 Å².